The van der Waals surface area contributed by atoms with Gasteiger partial charge in [0.1, 0.15) is 18.0 Å². The van der Waals surface area contributed by atoms with Crippen molar-refractivity contribution in [2.24, 2.45) is 5.92 Å². The monoisotopic (exact) mass is 420 g/mol. The van der Waals surface area contributed by atoms with E-state index < -0.39 is 15.9 Å². The molecule has 1 fully saturated rings. The molecule has 2 N–H and O–H groups in total. The number of carbonyl (C=O) groups is 1. The van der Waals surface area contributed by atoms with Crippen LogP contribution in [0.25, 0.3) is 0 Å². The lowest BCUT2D eigenvalue weighted by Gasteiger charge is -2.32. The molecule has 0 aliphatic carbocycles. The van der Waals surface area contributed by atoms with E-state index in [1.807, 2.05) is 11.9 Å². The zero-order valence-electron chi connectivity index (χ0n) is 16.3. The standard InChI is InChI=1S/C18H24N6O4S/c1-23(11-13-5-7-24(8-6-13)18(25)26)16-9-15(20-12-21-16)22-14-3-4-17(19-10-14)29(2,27)28/h3-4,9-10,12-13H,5-8,11H2,1-2H3,(H,25,26)(H,20,21,22). The second-order valence-electron chi connectivity index (χ2n) is 7.14. The Balaban J connectivity index is 1.61. The van der Waals surface area contributed by atoms with E-state index in [1.54, 1.807) is 12.1 Å². The van der Waals surface area contributed by atoms with E-state index in [0.29, 0.717) is 30.5 Å². The summed E-state index contributed by atoms with van der Waals surface area (Å²) in [6, 6.07) is 4.87. The van der Waals surface area contributed by atoms with Crippen LogP contribution in [0.2, 0.25) is 0 Å². The van der Waals surface area contributed by atoms with Gasteiger partial charge in [-0.3, -0.25) is 0 Å². The molecule has 0 bridgehead atoms. The van der Waals surface area contributed by atoms with Crippen LogP contribution in [0.3, 0.4) is 0 Å². The van der Waals surface area contributed by atoms with Gasteiger partial charge in [-0.15, -0.1) is 0 Å². The lowest BCUT2D eigenvalue weighted by molar-refractivity contribution is 0.125. The Morgan fingerprint density at radius 3 is 2.59 bits per heavy atom. The normalized spacial score (nSPS) is 15.2. The number of nitrogens with zero attached hydrogens (tertiary/aromatic N) is 5. The number of sulfone groups is 1. The van der Waals surface area contributed by atoms with E-state index in [-0.39, 0.29) is 5.03 Å². The van der Waals surface area contributed by atoms with E-state index in [1.165, 1.54) is 23.5 Å². The first-order valence-electron chi connectivity index (χ1n) is 9.16. The first-order valence-corrected chi connectivity index (χ1v) is 11.1. The molecule has 2 aromatic heterocycles. The van der Waals surface area contributed by atoms with Gasteiger partial charge in [-0.2, -0.15) is 0 Å². The molecule has 0 saturated carbocycles. The largest absolute Gasteiger partial charge is 0.465 e. The van der Waals surface area contributed by atoms with Crippen molar-refractivity contribution in [3.05, 3.63) is 30.7 Å². The minimum absolute atomic E-state index is 0.0140. The summed E-state index contributed by atoms with van der Waals surface area (Å²) in [6.45, 7) is 1.89. The molecule has 0 atom stereocenters. The minimum Gasteiger partial charge on any atom is -0.465 e. The van der Waals surface area contributed by atoms with Crippen molar-refractivity contribution in [3.8, 4) is 0 Å². The highest BCUT2D eigenvalue weighted by molar-refractivity contribution is 7.90. The number of rotatable bonds is 6. The second kappa shape index (κ2) is 8.60. The van der Waals surface area contributed by atoms with Crippen LogP contribution in [-0.4, -0.2) is 72.4 Å². The third kappa shape index (κ3) is 5.53. The first-order chi connectivity index (χ1) is 13.7. The summed E-state index contributed by atoms with van der Waals surface area (Å²) < 4.78 is 23.0. The van der Waals surface area contributed by atoms with Gasteiger partial charge in [0, 0.05) is 39.0 Å². The molecule has 11 heteroatoms. The minimum atomic E-state index is -3.34. The average Bonchev–Trinajstić information content (AvgIpc) is 2.68. The fourth-order valence-electron chi connectivity index (χ4n) is 3.23. The van der Waals surface area contributed by atoms with Crippen molar-refractivity contribution in [3.63, 3.8) is 0 Å². The molecule has 29 heavy (non-hydrogen) atoms. The van der Waals surface area contributed by atoms with Crippen LogP contribution in [0.4, 0.5) is 22.1 Å². The Hall–Kier alpha value is -2.95. The average molecular weight is 420 g/mol. The third-order valence-electron chi connectivity index (χ3n) is 4.85. The number of hydrogen-bond donors (Lipinski definition) is 2. The Bertz CT molecular complexity index is 959. The van der Waals surface area contributed by atoms with Gasteiger partial charge < -0.3 is 20.2 Å². The maximum Gasteiger partial charge on any atom is 0.407 e. The van der Waals surface area contributed by atoms with Gasteiger partial charge in [0.25, 0.3) is 0 Å². The molecular formula is C18H24N6O4S. The molecule has 1 aliphatic rings. The van der Waals surface area contributed by atoms with Crippen molar-refractivity contribution >= 4 is 33.3 Å². The molecule has 1 amide bonds. The Labute approximate surface area is 169 Å². The fourth-order valence-corrected chi connectivity index (χ4v) is 3.79. The maximum atomic E-state index is 11.5. The van der Waals surface area contributed by atoms with E-state index in [2.05, 4.69) is 20.3 Å². The predicted molar refractivity (Wildman–Crippen MR) is 108 cm³/mol. The van der Waals surface area contributed by atoms with Crippen LogP contribution >= 0.6 is 0 Å². The zero-order valence-corrected chi connectivity index (χ0v) is 17.1. The smallest absolute Gasteiger partial charge is 0.407 e. The highest BCUT2D eigenvalue weighted by atomic mass is 32.2. The van der Waals surface area contributed by atoms with Crippen molar-refractivity contribution in [1.29, 1.82) is 0 Å². The Morgan fingerprint density at radius 1 is 1.28 bits per heavy atom. The Morgan fingerprint density at radius 2 is 2.00 bits per heavy atom. The van der Waals surface area contributed by atoms with Gasteiger partial charge in [0.2, 0.25) is 0 Å². The number of amides is 1. The Kier molecular flexibility index (Phi) is 6.16. The number of hydrogen-bond acceptors (Lipinski definition) is 8. The number of likely N-dealkylation sites (tertiary alicyclic amines) is 1. The SMILES string of the molecule is CN(CC1CCN(C(=O)O)CC1)c1cc(Nc2ccc(S(C)(=O)=O)nc2)ncn1. The number of carboxylic acid groups (broad SMARTS) is 1. The molecule has 156 valence electrons. The van der Waals surface area contributed by atoms with Crippen LogP contribution < -0.4 is 10.2 Å². The number of nitrogens with one attached hydrogen (secondary N) is 1. The number of piperidine rings is 1. The molecule has 10 nitrogen and oxygen atoms in total. The van der Waals surface area contributed by atoms with Gasteiger partial charge in [0.05, 0.1) is 11.9 Å². The number of pyridine rings is 1. The topological polar surface area (TPSA) is 129 Å². The summed E-state index contributed by atoms with van der Waals surface area (Å²) in [6.07, 6.45) is 4.80. The fraction of sp³-hybridized carbons (Fsp3) is 0.444. The van der Waals surface area contributed by atoms with Crippen LogP contribution in [-0.2, 0) is 9.84 Å². The van der Waals surface area contributed by atoms with Crippen molar-refractivity contribution in [2.45, 2.75) is 17.9 Å². The molecule has 1 aliphatic heterocycles. The summed E-state index contributed by atoms with van der Waals surface area (Å²) in [5, 5.41) is 12.2. The molecule has 3 rings (SSSR count). The zero-order chi connectivity index (χ0) is 21.0. The van der Waals surface area contributed by atoms with E-state index in [4.69, 9.17) is 5.11 Å². The molecular weight excluding hydrogens is 396 g/mol. The molecule has 0 radical (unpaired) electrons. The summed E-state index contributed by atoms with van der Waals surface area (Å²) >= 11 is 0. The summed E-state index contributed by atoms with van der Waals surface area (Å²) in [7, 11) is -1.40. The van der Waals surface area contributed by atoms with Crippen LogP contribution in [0.15, 0.2) is 35.7 Å². The first kappa shape index (κ1) is 20.8. The van der Waals surface area contributed by atoms with Gasteiger partial charge in [-0.25, -0.2) is 28.2 Å². The number of aromatic nitrogens is 3. The highest BCUT2D eigenvalue weighted by Gasteiger charge is 2.23. The van der Waals surface area contributed by atoms with Gasteiger partial charge in [-0.1, -0.05) is 0 Å². The summed E-state index contributed by atoms with van der Waals surface area (Å²) in [4.78, 5) is 27.0. The second-order valence-corrected chi connectivity index (χ2v) is 9.10. The molecule has 0 unspecified atom stereocenters. The summed E-state index contributed by atoms with van der Waals surface area (Å²) in [5.74, 6) is 1.70. The number of anilines is 3. The van der Waals surface area contributed by atoms with E-state index in [9.17, 15) is 13.2 Å². The van der Waals surface area contributed by atoms with Crippen molar-refractivity contribution in [1.82, 2.24) is 19.9 Å². The van der Waals surface area contributed by atoms with Crippen molar-refractivity contribution < 1.29 is 18.3 Å². The van der Waals surface area contributed by atoms with Gasteiger partial charge in [0.15, 0.2) is 14.9 Å². The van der Waals surface area contributed by atoms with Crippen LogP contribution in [0, 0.1) is 5.92 Å². The molecule has 3 heterocycles. The van der Waals surface area contributed by atoms with Gasteiger partial charge in [-0.05, 0) is 30.9 Å². The lowest BCUT2D eigenvalue weighted by atomic mass is 9.96. The van der Waals surface area contributed by atoms with Crippen molar-refractivity contribution in [2.75, 3.05) is 43.2 Å². The third-order valence-corrected chi connectivity index (χ3v) is 5.85. The molecule has 0 spiro atoms. The molecule has 1 saturated heterocycles. The van der Waals surface area contributed by atoms with Crippen LogP contribution in [0.1, 0.15) is 12.8 Å². The van der Waals surface area contributed by atoms with E-state index in [0.717, 1.165) is 31.5 Å². The quantitative estimate of drug-likeness (QED) is 0.719. The lowest BCUT2D eigenvalue weighted by Crippen LogP contribution is -2.40. The highest BCUT2D eigenvalue weighted by Crippen LogP contribution is 2.22. The molecule has 0 aromatic carbocycles. The maximum absolute atomic E-state index is 11.5. The predicted octanol–water partition coefficient (Wildman–Crippen LogP) is 1.84. The summed E-state index contributed by atoms with van der Waals surface area (Å²) in [5.41, 5.74) is 0.616. The van der Waals surface area contributed by atoms with E-state index >= 15 is 0 Å². The molecule has 2 aromatic rings. The van der Waals surface area contributed by atoms with Gasteiger partial charge >= 0.3 is 6.09 Å². The van der Waals surface area contributed by atoms with Crippen LogP contribution in [0.5, 0.6) is 0 Å².